The highest BCUT2D eigenvalue weighted by atomic mass is 35.5. The van der Waals surface area contributed by atoms with Gasteiger partial charge in [0.15, 0.2) is 0 Å². The minimum atomic E-state index is -4.00. The zero-order valence-corrected chi connectivity index (χ0v) is 16.8. The van der Waals surface area contributed by atoms with Gasteiger partial charge < -0.3 is 10.1 Å². The fourth-order valence-corrected chi connectivity index (χ4v) is 3.81. The van der Waals surface area contributed by atoms with Crippen LogP contribution in [0.3, 0.4) is 0 Å². The molecule has 2 N–H and O–H groups in total. The lowest BCUT2D eigenvalue weighted by Gasteiger charge is -2.15. The predicted octanol–water partition coefficient (Wildman–Crippen LogP) is 3.84. The van der Waals surface area contributed by atoms with E-state index in [2.05, 4.69) is 10.0 Å². The number of amides is 1. The minimum absolute atomic E-state index is 0.111. The molecule has 0 aliphatic carbocycles. The van der Waals surface area contributed by atoms with Gasteiger partial charge in [-0.15, -0.1) is 0 Å². The van der Waals surface area contributed by atoms with Crippen molar-refractivity contribution in [2.24, 2.45) is 0 Å². The summed E-state index contributed by atoms with van der Waals surface area (Å²) in [7, 11) is -4.00. The van der Waals surface area contributed by atoms with Crippen molar-refractivity contribution in [1.82, 2.24) is 4.72 Å². The Kier molecular flexibility index (Phi) is 7.05. The van der Waals surface area contributed by atoms with Crippen molar-refractivity contribution < 1.29 is 22.3 Å². The van der Waals surface area contributed by atoms with Crippen molar-refractivity contribution in [3.63, 3.8) is 0 Å². The van der Waals surface area contributed by atoms with E-state index in [-0.39, 0.29) is 20.6 Å². The Balaban J connectivity index is 2.10. The Morgan fingerprint density at radius 2 is 1.89 bits per heavy atom. The maximum absolute atomic E-state index is 13.2. The molecule has 0 unspecified atom stereocenters. The standard InChI is InChI=1S/C17H17Cl2FN2O4S/c1-3-26-16-7-5-12(9-14(16)19)27(24,25)22-10(2)17(23)21-11-4-6-15(20)13(18)8-11/h4-10,22H,3H2,1-2H3,(H,21,23)/t10-/m0/s1. The molecule has 146 valence electrons. The number of anilines is 1. The number of sulfonamides is 1. The zero-order valence-electron chi connectivity index (χ0n) is 14.4. The van der Waals surface area contributed by atoms with E-state index < -0.39 is 27.8 Å². The molecular weight excluding hydrogens is 418 g/mol. The van der Waals surface area contributed by atoms with Crippen LogP contribution in [0.1, 0.15) is 13.8 Å². The highest BCUT2D eigenvalue weighted by Crippen LogP contribution is 2.27. The number of halogens is 3. The Morgan fingerprint density at radius 1 is 1.19 bits per heavy atom. The van der Waals surface area contributed by atoms with E-state index in [0.717, 1.165) is 6.07 Å². The monoisotopic (exact) mass is 434 g/mol. The third-order valence-electron chi connectivity index (χ3n) is 3.43. The second-order valence-electron chi connectivity index (χ2n) is 5.49. The fourth-order valence-electron chi connectivity index (χ4n) is 2.10. The van der Waals surface area contributed by atoms with Gasteiger partial charge in [0.2, 0.25) is 15.9 Å². The van der Waals surface area contributed by atoms with E-state index in [1.54, 1.807) is 6.92 Å². The lowest BCUT2D eigenvalue weighted by atomic mass is 10.3. The second-order valence-corrected chi connectivity index (χ2v) is 8.01. The van der Waals surface area contributed by atoms with E-state index >= 15 is 0 Å². The lowest BCUT2D eigenvalue weighted by Crippen LogP contribution is -2.41. The first-order chi connectivity index (χ1) is 12.6. The topological polar surface area (TPSA) is 84.5 Å². The van der Waals surface area contributed by atoms with E-state index in [0.29, 0.717) is 12.4 Å². The van der Waals surface area contributed by atoms with Gasteiger partial charge in [-0.3, -0.25) is 4.79 Å². The quantitative estimate of drug-likeness (QED) is 0.693. The van der Waals surface area contributed by atoms with Crippen LogP contribution in [-0.4, -0.2) is 27.0 Å². The average molecular weight is 435 g/mol. The number of nitrogens with one attached hydrogen (secondary N) is 2. The Hall–Kier alpha value is -1.87. The molecule has 2 rings (SSSR count). The number of carbonyl (C=O) groups excluding carboxylic acids is 1. The molecule has 0 radical (unpaired) electrons. The summed E-state index contributed by atoms with van der Waals surface area (Å²) in [6.07, 6.45) is 0. The molecule has 2 aromatic rings. The van der Waals surface area contributed by atoms with Crippen LogP contribution in [-0.2, 0) is 14.8 Å². The molecule has 0 saturated carbocycles. The van der Waals surface area contributed by atoms with Crippen molar-refractivity contribution in [3.05, 3.63) is 52.3 Å². The van der Waals surface area contributed by atoms with Gasteiger partial charge in [0.25, 0.3) is 0 Å². The van der Waals surface area contributed by atoms with Crippen LogP contribution < -0.4 is 14.8 Å². The molecule has 0 spiro atoms. The Labute approximate surface area is 166 Å². The first-order valence-corrected chi connectivity index (χ1v) is 10.1. The third kappa shape index (κ3) is 5.55. The van der Waals surface area contributed by atoms with Crippen LogP contribution >= 0.6 is 23.2 Å². The summed E-state index contributed by atoms with van der Waals surface area (Å²) in [6, 6.07) is 6.52. The summed E-state index contributed by atoms with van der Waals surface area (Å²) in [5, 5.41) is 2.43. The maximum atomic E-state index is 13.2. The summed E-state index contributed by atoms with van der Waals surface area (Å²) in [4.78, 5) is 12.1. The molecule has 1 amide bonds. The number of hydrogen-bond acceptors (Lipinski definition) is 4. The van der Waals surface area contributed by atoms with Crippen LogP contribution in [0, 0.1) is 5.82 Å². The lowest BCUT2D eigenvalue weighted by molar-refractivity contribution is -0.117. The van der Waals surface area contributed by atoms with Gasteiger partial charge in [-0.2, -0.15) is 4.72 Å². The summed E-state index contributed by atoms with van der Waals surface area (Å²) in [6.45, 7) is 3.53. The maximum Gasteiger partial charge on any atom is 0.242 e. The highest BCUT2D eigenvalue weighted by Gasteiger charge is 2.23. The average Bonchev–Trinajstić information content (AvgIpc) is 2.59. The number of rotatable bonds is 7. The van der Waals surface area contributed by atoms with Crippen LogP contribution in [0.5, 0.6) is 5.75 Å². The number of carbonyl (C=O) groups is 1. The predicted molar refractivity (Wildman–Crippen MR) is 102 cm³/mol. The van der Waals surface area contributed by atoms with Gasteiger partial charge in [-0.05, 0) is 50.2 Å². The number of benzene rings is 2. The van der Waals surface area contributed by atoms with Crippen LogP contribution in [0.2, 0.25) is 10.0 Å². The molecule has 0 bridgehead atoms. The largest absolute Gasteiger partial charge is 0.492 e. The Bertz CT molecular complexity index is 954. The SMILES string of the molecule is CCOc1ccc(S(=O)(=O)N[C@@H](C)C(=O)Nc2ccc(F)c(Cl)c2)cc1Cl. The first-order valence-electron chi connectivity index (χ1n) is 7.84. The highest BCUT2D eigenvalue weighted by molar-refractivity contribution is 7.89. The minimum Gasteiger partial charge on any atom is -0.492 e. The van der Waals surface area contributed by atoms with Crippen LogP contribution in [0.25, 0.3) is 0 Å². The molecule has 6 nitrogen and oxygen atoms in total. The van der Waals surface area contributed by atoms with Gasteiger partial charge in [-0.25, -0.2) is 12.8 Å². The molecule has 0 aromatic heterocycles. The van der Waals surface area contributed by atoms with Gasteiger partial charge in [0.1, 0.15) is 11.6 Å². The summed E-state index contributed by atoms with van der Waals surface area (Å²) >= 11 is 11.7. The van der Waals surface area contributed by atoms with E-state index in [4.69, 9.17) is 27.9 Å². The molecule has 0 heterocycles. The third-order valence-corrected chi connectivity index (χ3v) is 5.55. The van der Waals surface area contributed by atoms with E-state index in [9.17, 15) is 17.6 Å². The van der Waals surface area contributed by atoms with Crippen molar-refractivity contribution in [1.29, 1.82) is 0 Å². The molecule has 27 heavy (non-hydrogen) atoms. The Morgan fingerprint density at radius 3 is 2.48 bits per heavy atom. The van der Waals surface area contributed by atoms with Crippen LogP contribution in [0.15, 0.2) is 41.3 Å². The summed E-state index contributed by atoms with van der Waals surface area (Å²) < 4.78 is 45.6. The van der Waals surface area contributed by atoms with Gasteiger partial charge in [0, 0.05) is 5.69 Å². The molecule has 10 heteroatoms. The van der Waals surface area contributed by atoms with Crippen molar-refractivity contribution in [2.45, 2.75) is 24.8 Å². The fraction of sp³-hybridized carbons (Fsp3) is 0.235. The number of ether oxygens (including phenoxy) is 1. The number of hydrogen-bond donors (Lipinski definition) is 2. The molecule has 0 fully saturated rings. The first kappa shape index (κ1) is 21.4. The van der Waals surface area contributed by atoms with Crippen molar-refractivity contribution in [2.75, 3.05) is 11.9 Å². The van der Waals surface area contributed by atoms with Gasteiger partial charge in [-0.1, -0.05) is 23.2 Å². The normalized spacial score (nSPS) is 12.5. The second kappa shape index (κ2) is 8.88. The van der Waals surface area contributed by atoms with E-state index in [1.165, 1.54) is 37.3 Å². The van der Waals surface area contributed by atoms with Crippen molar-refractivity contribution in [3.8, 4) is 5.75 Å². The van der Waals surface area contributed by atoms with Gasteiger partial charge >= 0.3 is 0 Å². The molecule has 0 aliphatic rings. The molecule has 0 aliphatic heterocycles. The molecule has 0 saturated heterocycles. The van der Waals surface area contributed by atoms with Crippen LogP contribution in [0.4, 0.5) is 10.1 Å². The molecule has 1 atom stereocenters. The molecular formula is C17H17Cl2FN2O4S. The summed E-state index contributed by atoms with van der Waals surface area (Å²) in [5.41, 5.74) is 0.238. The summed E-state index contributed by atoms with van der Waals surface area (Å²) in [5.74, 6) is -0.911. The smallest absolute Gasteiger partial charge is 0.242 e. The van der Waals surface area contributed by atoms with Crippen molar-refractivity contribution >= 4 is 44.8 Å². The zero-order chi connectivity index (χ0) is 20.2. The van der Waals surface area contributed by atoms with E-state index in [1.807, 2.05) is 0 Å². The van der Waals surface area contributed by atoms with Gasteiger partial charge in [0.05, 0.1) is 27.6 Å². The molecule has 2 aromatic carbocycles.